The van der Waals surface area contributed by atoms with Crippen LogP contribution in [0.1, 0.15) is 15.9 Å². The Bertz CT molecular complexity index is 1200. The number of nitrogens with one attached hydrogen (secondary N) is 2. The summed E-state index contributed by atoms with van der Waals surface area (Å²) in [5, 5.41) is 3.28. The molecular weight excluding hydrogens is 368 g/mol. The number of methoxy groups -OCH3 is 1. The fourth-order valence-corrected chi connectivity index (χ4v) is 3.15. The number of amides is 1. The summed E-state index contributed by atoms with van der Waals surface area (Å²) in [5.41, 5.74) is 3.83. The first-order valence-corrected chi connectivity index (χ1v) is 8.95. The zero-order valence-electron chi connectivity index (χ0n) is 15.9. The molecule has 7 nitrogen and oxygen atoms in total. The van der Waals surface area contributed by atoms with Crippen LogP contribution in [-0.4, -0.2) is 33.8 Å². The Morgan fingerprint density at radius 2 is 1.97 bits per heavy atom. The lowest BCUT2D eigenvalue weighted by Crippen LogP contribution is -2.23. The molecule has 3 heterocycles. The van der Waals surface area contributed by atoms with E-state index in [1.807, 2.05) is 31.2 Å². The summed E-state index contributed by atoms with van der Waals surface area (Å²) >= 11 is 0. The number of rotatable bonds is 5. The van der Waals surface area contributed by atoms with Gasteiger partial charge in [0.05, 0.1) is 30.3 Å². The van der Waals surface area contributed by atoms with Gasteiger partial charge in [0, 0.05) is 34.9 Å². The van der Waals surface area contributed by atoms with Crippen molar-refractivity contribution in [3.05, 3.63) is 72.2 Å². The van der Waals surface area contributed by atoms with Crippen molar-refractivity contribution in [1.82, 2.24) is 15.0 Å². The number of Topliss-reactive ketones (excluding diaryl/α,β-unsaturated/α-hetero) is 1. The molecule has 0 fully saturated rings. The van der Waals surface area contributed by atoms with E-state index < -0.39 is 11.7 Å². The van der Waals surface area contributed by atoms with Crippen LogP contribution in [0.2, 0.25) is 0 Å². The molecule has 0 saturated carbocycles. The van der Waals surface area contributed by atoms with Gasteiger partial charge in [0.15, 0.2) is 0 Å². The number of hydrogen-bond donors (Lipinski definition) is 2. The zero-order valence-corrected chi connectivity index (χ0v) is 15.9. The molecule has 0 spiro atoms. The van der Waals surface area contributed by atoms with Gasteiger partial charge in [-0.05, 0) is 36.8 Å². The van der Waals surface area contributed by atoms with Gasteiger partial charge in [-0.3, -0.25) is 14.6 Å². The minimum atomic E-state index is -0.747. The highest BCUT2D eigenvalue weighted by Crippen LogP contribution is 2.31. The predicted molar refractivity (Wildman–Crippen MR) is 110 cm³/mol. The zero-order chi connectivity index (χ0) is 20.4. The normalized spacial score (nSPS) is 10.7. The molecule has 3 aromatic heterocycles. The predicted octanol–water partition coefficient (Wildman–Crippen LogP) is 3.76. The Morgan fingerprint density at radius 1 is 1.10 bits per heavy atom. The fourth-order valence-electron chi connectivity index (χ4n) is 3.15. The third kappa shape index (κ3) is 3.58. The second-order valence-electron chi connectivity index (χ2n) is 6.54. The highest BCUT2D eigenvalue weighted by molar-refractivity contribution is 6.49. The smallest absolute Gasteiger partial charge is 0.296 e. The number of ketones is 1. The van der Waals surface area contributed by atoms with Crippen molar-refractivity contribution >= 4 is 28.3 Å². The van der Waals surface area contributed by atoms with Gasteiger partial charge >= 0.3 is 0 Å². The number of anilines is 1. The lowest BCUT2D eigenvalue weighted by molar-refractivity contribution is -0.112. The van der Waals surface area contributed by atoms with E-state index >= 15 is 0 Å². The number of carbonyl (C=O) groups is 2. The maximum atomic E-state index is 13.1. The van der Waals surface area contributed by atoms with Crippen molar-refractivity contribution in [3.63, 3.8) is 0 Å². The van der Waals surface area contributed by atoms with E-state index in [4.69, 9.17) is 4.74 Å². The molecule has 2 N–H and O–H groups in total. The summed E-state index contributed by atoms with van der Waals surface area (Å²) in [5.74, 6) is -0.974. The maximum absolute atomic E-state index is 13.1. The molecule has 0 aliphatic carbocycles. The fraction of sp³-hybridized carbons (Fsp3) is 0.0909. The second-order valence-corrected chi connectivity index (χ2v) is 6.54. The number of benzene rings is 1. The van der Waals surface area contributed by atoms with Gasteiger partial charge < -0.3 is 15.0 Å². The van der Waals surface area contributed by atoms with Gasteiger partial charge in [-0.1, -0.05) is 12.1 Å². The monoisotopic (exact) mass is 386 g/mol. The van der Waals surface area contributed by atoms with Crippen LogP contribution in [0.25, 0.3) is 22.2 Å². The van der Waals surface area contributed by atoms with Crippen LogP contribution in [0.5, 0.6) is 5.88 Å². The molecule has 0 aliphatic rings. The van der Waals surface area contributed by atoms with Crippen LogP contribution in [-0.2, 0) is 4.79 Å². The topological polar surface area (TPSA) is 97.0 Å². The first kappa shape index (κ1) is 18.4. The number of hydrogen-bond acceptors (Lipinski definition) is 5. The van der Waals surface area contributed by atoms with Gasteiger partial charge in [-0.2, -0.15) is 0 Å². The molecule has 0 aliphatic heterocycles. The van der Waals surface area contributed by atoms with E-state index in [-0.39, 0.29) is 0 Å². The number of pyridine rings is 2. The average Bonchev–Trinajstić information content (AvgIpc) is 3.12. The number of carbonyl (C=O) groups excluding carboxylic acids is 2. The molecule has 0 bridgehead atoms. The Balaban J connectivity index is 1.74. The van der Waals surface area contributed by atoms with Crippen molar-refractivity contribution in [3.8, 4) is 17.1 Å². The van der Waals surface area contributed by atoms with Crippen molar-refractivity contribution in [2.45, 2.75) is 6.92 Å². The molecule has 0 unspecified atom stereocenters. The molecule has 0 saturated heterocycles. The maximum Gasteiger partial charge on any atom is 0.296 e. The standard InChI is InChI=1S/C22H18N4O3/c1-13-5-7-16-17(10-13)26-20(14-4-3-9-23-11-14)19(16)21(27)22(28)25-15-6-8-18(29-2)24-12-15/h3-12,26H,1-2H3,(H,25,28). The molecule has 144 valence electrons. The quantitative estimate of drug-likeness (QED) is 0.402. The molecule has 29 heavy (non-hydrogen) atoms. The number of H-pyrrole nitrogens is 1. The molecule has 4 rings (SSSR count). The van der Waals surface area contributed by atoms with E-state index in [9.17, 15) is 9.59 Å². The van der Waals surface area contributed by atoms with Crippen LogP contribution in [0.15, 0.2) is 61.1 Å². The van der Waals surface area contributed by atoms with Gasteiger partial charge in [-0.15, -0.1) is 0 Å². The van der Waals surface area contributed by atoms with E-state index in [0.717, 1.165) is 16.6 Å². The lowest BCUT2D eigenvalue weighted by Gasteiger charge is -2.07. The summed E-state index contributed by atoms with van der Waals surface area (Å²) in [4.78, 5) is 37.3. The van der Waals surface area contributed by atoms with Gasteiger partial charge in [0.2, 0.25) is 5.88 Å². The number of fused-ring (bicyclic) bond motifs is 1. The Labute approximate surface area is 166 Å². The van der Waals surface area contributed by atoms with E-state index in [0.29, 0.717) is 28.2 Å². The highest BCUT2D eigenvalue weighted by atomic mass is 16.5. The van der Waals surface area contributed by atoms with Crippen LogP contribution in [0, 0.1) is 6.92 Å². The van der Waals surface area contributed by atoms with E-state index in [1.165, 1.54) is 13.3 Å². The summed E-state index contributed by atoms with van der Waals surface area (Å²) < 4.78 is 5.00. The SMILES string of the molecule is COc1ccc(NC(=O)C(=O)c2c(-c3cccnc3)[nH]c3cc(C)ccc23)cn1. The first-order valence-electron chi connectivity index (χ1n) is 8.95. The minimum absolute atomic E-state index is 0.312. The third-order valence-corrected chi connectivity index (χ3v) is 4.54. The number of aromatic amines is 1. The highest BCUT2D eigenvalue weighted by Gasteiger charge is 2.25. The van der Waals surface area contributed by atoms with Crippen molar-refractivity contribution in [2.24, 2.45) is 0 Å². The molecule has 0 radical (unpaired) electrons. The Morgan fingerprint density at radius 3 is 2.66 bits per heavy atom. The molecule has 4 aromatic rings. The van der Waals surface area contributed by atoms with Crippen LogP contribution < -0.4 is 10.1 Å². The van der Waals surface area contributed by atoms with Gasteiger partial charge in [-0.25, -0.2) is 4.98 Å². The largest absolute Gasteiger partial charge is 0.481 e. The third-order valence-electron chi connectivity index (χ3n) is 4.54. The first-order chi connectivity index (χ1) is 14.1. The van der Waals surface area contributed by atoms with Crippen molar-refractivity contribution in [1.29, 1.82) is 0 Å². The van der Waals surface area contributed by atoms with Crippen LogP contribution in [0.4, 0.5) is 5.69 Å². The van der Waals surface area contributed by atoms with Crippen molar-refractivity contribution in [2.75, 3.05) is 12.4 Å². The Hall–Kier alpha value is -4.00. The molecular formula is C22H18N4O3. The van der Waals surface area contributed by atoms with Crippen LogP contribution in [0.3, 0.4) is 0 Å². The van der Waals surface area contributed by atoms with Gasteiger partial charge in [0.1, 0.15) is 0 Å². The minimum Gasteiger partial charge on any atom is -0.481 e. The summed E-state index contributed by atoms with van der Waals surface area (Å²) in [6.07, 6.45) is 4.74. The second kappa shape index (κ2) is 7.55. The van der Waals surface area contributed by atoms with Gasteiger partial charge in [0.25, 0.3) is 11.7 Å². The molecule has 0 atom stereocenters. The average molecular weight is 386 g/mol. The number of aromatic nitrogens is 3. The molecule has 1 amide bonds. The van der Waals surface area contributed by atoms with Crippen LogP contribution >= 0.6 is 0 Å². The summed E-state index contributed by atoms with van der Waals surface area (Å²) in [6.45, 7) is 1.97. The number of aryl methyl sites for hydroxylation is 1. The lowest BCUT2D eigenvalue weighted by atomic mass is 10.0. The van der Waals surface area contributed by atoms with Crippen molar-refractivity contribution < 1.29 is 14.3 Å². The molecule has 7 heteroatoms. The summed E-state index contributed by atoms with van der Waals surface area (Å²) in [6, 6.07) is 12.5. The number of nitrogens with zero attached hydrogens (tertiary/aromatic N) is 2. The van der Waals surface area contributed by atoms with E-state index in [2.05, 4.69) is 20.3 Å². The molecule has 1 aromatic carbocycles. The Kier molecular flexibility index (Phi) is 4.78. The number of ether oxygens (including phenoxy) is 1. The summed E-state index contributed by atoms with van der Waals surface area (Å²) in [7, 11) is 1.50. The van der Waals surface area contributed by atoms with E-state index in [1.54, 1.807) is 30.6 Å².